The number of hydrogen-bond acceptors (Lipinski definition) is 1. The molecule has 0 radical (unpaired) electrons. The van der Waals surface area contributed by atoms with E-state index in [0.29, 0.717) is 0 Å². The van der Waals surface area contributed by atoms with E-state index in [0.717, 1.165) is 11.4 Å². The van der Waals surface area contributed by atoms with Gasteiger partial charge in [-0.3, -0.25) is 4.79 Å². The van der Waals surface area contributed by atoms with E-state index in [1.807, 2.05) is 24.3 Å². The molecule has 2 aromatic rings. The normalized spacial score (nSPS) is 10.3. The van der Waals surface area contributed by atoms with E-state index in [4.69, 9.17) is 0 Å². The van der Waals surface area contributed by atoms with Gasteiger partial charge in [0.2, 0.25) is 5.91 Å². The van der Waals surface area contributed by atoms with Crippen LogP contribution in [0.1, 0.15) is 18.3 Å². The lowest BCUT2D eigenvalue weighted by atomic mass is 10.2. The van der Waals surface area contributed by atoms with Gasteiger partial charge in [0.05, 0.1) is 0 Å². The summed E-state index contributed by atoms with van der Waals surface area (Å²) < 4.78 is 2.16. The predicted octanol–water partition coefficient (Wildman–Crippen LogP) is 3.05. The van der Waals surface area contributed by atoms with Crippen molar-refractivity contribution in [2.24, 2.45) is 0 Å². The van der Waals surface area contributed by atoms with Gasteiger partial charge < -0.3 is 9.88 Å². The van der Waals surface area contributed by atoms with Gasteiger partial charge in [0.25, 0.3) is 0 Å². The number of nitrogens with zero attached hydrogens (tertiary/aromatic N) is 1. The molecule has 0 atom stereocenters. The first kappa shape index (κ1) is 11.5. The highest BCUT2D eigenvalue weighted by molar-refractivity contribution is 5.88. The summed E-state index contributed by atoms with van der Waals surface area (Å²) in [6.07, 6.45) is 0. The lowest BCUT2D eigenvalue weighted by molar-refractivity contribution is -0.114. The number of aromatic nitrogens is 1. The zero-order valence-corrected chi connectivity index (χ0v) is 10.3. The van der Waals surface area contributed by atoms with Crippen LogP contribution in [0.4, 0.5) is 5.69 Å². The van der Waals surface area contributed by atoms with E-state index in [1.165, 1.54) is 18.3 Å². The van der Waals surface area contributed by atoms with Crippen molar-refractivity contribution in [3.63, 3.8) is 0 Å². The van der Waals surface area contributed by atoms with E-state index in [-0.39, 0.29) is 5.91 Å². The molecular weight excluding hydrogens is 212 g/mol. The molecule has 1 aromatic heterocycles. The Kier molecular flexibility index (Phi) is 3.00. The minimum atomic E-state index is -0.0527. The fraction of sp³-hybridized carbons (Fsp3) is 0.214. The lowest BCUT2D eigenvalue weighted by Gasteiger charge is -2.11. The van der Waals surface area contributed by atoms with E-state index < -0.39 is 0 Å². The third-order valence-electron chi connectivity index (χ3n) is 2.70. The fourth-order valence-electron chi connectivity index (χ4n) is 2.00. The zero-order chi connectivity index (χ0) is 12.4. The number of amides is 1. The molecule has 0 aliphatic rings. The minimum absolute atomic E-state index is 0.0527. The van der Waals surface area contributed by atoms with Crippen molar-refractivity contribution in [2.75, 3.05) is 5.32 Å². The highest BCUT2D eigenvalue weighted by Gasteiger charge is 2.04. The van der Waals surface area contributed by atoms with Gasteiger partial charge in [0.1, 0.15) is 0 Å². The van der Waals surface area contributed by atoms with Crippen molar-refractivity contribution in [1.29, 1.82) is 0 Å². The molecule has 0 saturated carbocycles. The Labute approximate surface area is 101 Å². The molecule has 3 nitrogen and oxygen atoms in total. The topological polar surface area (TPSA) is 34.0 Å². The highest BCUT2D eigenvalue weighted by Crippen LogP contribution is 2.19. The molecule has 0 aliphatic heterocycles. The van der Waals surface area contributed by atoms with Crippen LogP contribution < -0.4 is 5.32 Å². The summed E-state index contributed by atoms with van der Waals surface area (Å²) in [5.41, 5.74) is 4.25. The molecule has 0 saturated heterocycles. The average molecular weight is 228 g/mol. The molecule has 0 unspecified atom stereocenters. The number of carbonyl (C=O) groups excluding carboxylic acids is 1. The van der Waals surface area contributed by atoms with Crippen LogP contribution in [0.25, 0.3) is 5.69 Å². The number of benzene rings is 1. The average Bonchev–Trinajstić information content (AvgIpc) is 2.58. The van der Waals surface area contributed by atoms with Crippen molar-refractivity contribution >= 4 is 11.6 Å². The number of nitrogens with one attached hydrogen (secondary N) is 1. The van der Waals surface area contributed by atoms with Crippen LogP contribution in [0.15, 0.2) is 36.4 Å². The van der Waals surface area contributed by atoms with E-state index in [9.17, 15) is 4.79 Å². The Balaban J connectivity index is 2.43. The van der Waals surface area contributed by atoms with Crippen LogP contribution in [0.2, 0.25) is 0 Å². The SMILES string of the molecule is CC(=O)Nc1cccc(-n2c(C)ccc2C)c1. The molecule has 1 amide bonds. The third kappa shape index (κ3) is 2.38. The molecule has 0 aliphatic carbocycles. The Hall–Kier alpha value is -2.03. The molecule has 0 spiro atoms. The highest BCUT2D eigenvalue weighted by atomic mass is 16.1. The Bertz CT molecular complexity index is 536. The van der Waals surface area contributed by atoms with E-state index in [2.05, 4.69) is 35.9 Å². The van der Waals surface area contributed by atoms with Crippen LogP contribution in [-0.4, -0.2) is 10.5 Å². The van der Waals surface area contributed by atoms with Crippen molar-refractivity contribution in [3.05, 3.63) is 47.8 Å². The molecule has 1 heterocycles. The Morgan fingerprint density at radius 1 is 1.12 bits per heavy atom. The first-order chi connectivity index (χ1) is 8.08. The van der Waals surface area contributed by atoms with E-state index in [1.54, 1.807) is 0 Å². The van der Waals surface area contributed by atoms with Crippen molar-refractivity contribution < 1.29 is 4.79 Å². The quantitative estimate of drug-likeness (QED) is 0.842. The molecule has 88 valence electrons. The third-order valence-corrected chi connectivity index (χ3v) is 2.70. The van der Waals surface area contributed by atoms with Crippen LogP contribution in [0, 0.1) is 13.8 Å². The molecule has 2 rings (SSSR count). The number of rotatable bonds is 2. The number of anilines is 1. The summed E-state index contributed by atoms with van der Waals surface area (Å²) in [5, 5.41) is 2.79. The lowest BCUT2D eigenvalue weighted by Crippen LogP contribution is -2.06. The molecule has 1 N–H and O–H groups in total. The maximum Gasteiger partial charge on any atom is 0.221 e. The maximum absolute atomic E-state index is 11.0. The number of carbonyl (C=O) groups is 1. The molecule has 17 heavy (non-hydrogen) atoms. The largest absolute Gasteiger partial charge is 0.326 e. The second kappa shape index (κ2) is 4.45. The van der Waals surface area contributed by atoms with Crippen LogP contribution >= 0.6 is 0 Å². The van der Waals surface area contributed by atoms with Gasteiger partial charge in [-0.15, -0.1) is 0 Å². The van der Waals surface area contributed by atoms with Crippen molar-refractivity contribution in [2.45, 2.75) is 20.8 Å². The van der Waals surface area contributed by atoms with Gasteiger partial charge in [-0.1, -0.05) is 6.07 Å². The summed E-state index contributed by atoms with van der Waals surface area (Å²) in [7, 11) is 0. The van der Waals surface area contributed by atoms with Crippen molar-refractivity contribution in [1.82, 2.24) is 4.57 Å². The first-order valence-corrected chi connectivity index (χ1v) is 5.61. The summed E-state index contributed by atoms with van der Waals surface area (Å²) in [4.78, 5) is 11.0. The maximum atomic E-state index is 11.0. The molecular formula is C14H16N2O. The van der Waals surface area contributed by atoms with E-state index >= 15 is 0 Å². The summed E-state index contributed by atoms with van der Waals surface area (Å²) in [6.45, 7) is 5.65. The monoisotopic (exact) mass is 228 g/mol. The van der Waals surface area contributed by atoms with Crippen LogP contribution in [0.3, 0.4) is 0 Å². The minimum Gasteiger partial charge on any atom is -0.326 e. The van der Waals surface area contributed by atoms with Gasteiger partial charge >= 0.3 is 0 Å². The predicted molar refractivity (Wildman–Crippen MR) is 69.5 cm³/mol. The molecule has 0 bridgehead atoms. The molecule has 0 fully saturated rings. The van der Waals surface area contributed by atoms with Crippen molar-refractivity contribution in [3.8, 4) is 5.69 Å². The van der Waals surface area contributed by atoms with Gasteiger partial charge in [0.15, 0.2) is 0 Å². The summed E-state index contributed by atoms with van der Waals surface area (Å²) >= 11 is 0. The number of aryl methyl sites for hydroxylation is 2. The zero-order valence-electron chi connectivity index (χ0n) is 10.3. The Morgan fingerprint density at radius 2 is 1.76 bits per heavy atom. The van der Waals surface area contributed by atoms with Gasteiger partial charge in [0, 0.05) is 29.7 Å². The molecule has 1 aromatic carbocycles. The summed E-state index contributed by atoms with van der Waals surface area (Å²) in [5.74, 6) is -0.0527. The summed E-state index contributed by atoms with van der Waals surface area (Å²) in [6, 6.07) is 12.0. The van der Waals surface area contributed by atoms with Crippen LogP contribution in [-0.2, 0) is 4.79 Å². The fourth-order valence-corrected chi connectivity index (χ4v) is 2.00. The standard InChI is InChI=1S/C14H16N2O/c1-10-7-8-11(2)16(10)14-6-4-5-13(9-14)15-12(3)17/h4-9H,1-3H3,(H,15,17). The number of hydrogen-bond donors (Lipinski definition) is 1. The van der Waals surface area contributed by atoms with Gasteiger partial charge in [-0.25, -0.2) is 0 Å². The van der Waals surface area contributed by atoms with Gasteiger partial charge in [-0.2, -0.15) is 0 Å². The first-order valence-electron chi connectivity index (χ1n) is 5.61. The molecule has 3 heteroatoms. The second-order valence-corrected chi connectivity index (χ2v) is 4.18. The van der Waals surface area contributed by atoms with Gasteiger partial charge in [-0.05, 0) is 44.2 Å². The second-order valence-electron chi connectivity index (χ2n) is 4.18. The Morgan fingerprint density at radius 3 is 2.35 bits per heavy atom. The smallest absolute Gasteiger partial charge is 0.221 e. The van der Waals surface area contributed by atoms with Crippen LogP contribution in [0.5, 0.6) is 0 Å².